The molecule has 0 bridgehead atoms. The van der Waals surface area contributed by atoms with E-state index in [1.807, 2.05) is 0 Å². The molecule has 1 N–H and O–H groups in total. The van der Waals surface area contributed by atoms with Crippen molar-refractivity contribution in [3.8, 4) is 0 Å². The van der Waals surface area contributed by atoms with Crippen LogP contribution in [0.25, 0.3) is 0 Å². The molecule has 1 aliphatic carbocycles. The zero-order valence-electron chi connectivity index (χ0n) is 9.02. The monoisotopic (exact) mass is 243 g/mol. The van der Waals surface area contributed by atoms with Crippen molar-refractivity contribution in [3.05, 3.63) is 0 Å². The molecule has 0 radical (unpaired) electrons. The zero-order chi connectivity index (χ0) is 11.9. The summed E-state index contributed by atoms with van der Waals surface area (Å²) in [7, 11) is 0. The molecule has 0 aromatic rings. The van der Waals surface area contributed by atoms with E-state index < -0.39 is 34.2 Å². The average Bonchev–Trinajstić information content (AvgIpc) is 2.77. The Balaban J connectivity index is 2.60. The Labute approximate surface area is 90.9 Å². The molecule has 0 aromatic heterocycles. The molecule has 2 atom stereocenters. The second-order valence-corrected chi connectivity index (χ2v) is 6.85. The second-order valence-electron chi connectivity index (χ2n) is 4.86. The quantitative estimate of drug-likeness (QED) is 0.772. The molecule has 90 valence electrons. The minimum atomic E-state index is -4.30. The van der Waals surface area contributed by atoms with E-state index >= 15 is 0 Å². The van der Waals surface area contributed by atoms with Crippen molar-refractivity contribution in [3.63, 3.8) is 0 Å². The Kier molecular flexibility index (Phi) is 3.63. The highest BCUT2D eigenvalue weighted by atomic mass is 32.2. The Morgan fingerprint density at radius 3 is 2.00 bits per heavy atom. The Morgan fingerprint density at radius 2 is 1.73 bits per heavy atom. The molecule has 0 heterocycles. The molecular formula is C9H16F3NOS. The fraction of sp³-hybridized carbons (Fsp3) is 1.00. The molecule has 1 rings (SSSR count). The van der Waals surface area contributed by atoms with Crippen molar-refractivity contribution in [1.29, 1.82) is 0 Å². The summed E-state index contributed by atoms with van der Waals surface area (Å²) in [5, 5.41) is 0. The van der Waals surface area contributed by atoms with Gasteiger partial charge in [0, 0.05) is 11.4 Å². The maximum Gasteiger partial charge on any atom is 0.408 e. The third-order valence-corrected chi connectivity index (χ3v) is 3.82. The van der Waals surface area contributed by atoms with E-state index in [4.69, 9.17) is 0 Å². The molecule has 1 unspecified atom stereocenters. The molecule has 0 aliphatic heterocycles. The second kappa shape index (κ2) is 4.14. The third kappa shape index (κ3) is 3.85. The lowest BCUT2D eigenvalue weighted by atomic mass is 10.2. The highest BCUT2D eigenvalue weighted by molar-refractivity contribution is 7.90. The first kappa shape index (κ1) is 13.1. The summed E-state index contributed by atoms with van der Waals surface area (Å²) in [6.07, 6.45) is -3.17. The van der Waals surface area contributed by atoms with E-state index in [2.05, 4.69) is 4.72 Å². The molecule has 0 aromatic carbocycles. The first-order valence-corrected chi connectivity index (χ1v) is 6.02. The van der Waals surface area contributed by atoms with Gasteiger partial charge in [0.15, 0.2) is 6.04 Å². The fourth-order valence-corrected chi connectivity index (χ4v) is 2.06. The van der Waals surface area contributed by atoms with Crippen molar-refractivity contribution < 1.29 is 17.7 Å². The van der Waals surface area contributed by atoms with Gasteiger partial charge in [-0.2, -0.15) is 13.2 Å². The first-order valence-electron chi connectivity index (χ1n) is 4.87. The van der Waals surface area contributed by atoms with E-state index in [-0.39, 0.29) is 0 Å². The topological polar surface area (TPSA) is 35.1 Å². The van der Waals surface area contributed by atoms with Crippen molar-refractivity contribution in [2.45, 2.75) is 50.6 Å². The molecule has 0 saturated heterocycles. The van der Waals surface area contributed by atoms with Crippen LogP contribution in [0.3, 0.4) is 0 Å². The Bertz CT molecular complexity index is 222. The number of hydrogen-bond acceptors (Lipinski definition) is 2. The van der Waals surface area contributed by atoms with Crippen LogP contribution < -0.4 is 4.72 Å². The number of hydrogen-bond donors (Lipinski definition) is 1. The van der Waals surface area contributed by atoms with Crippen molar-refractivity contribution >= 4 is 11.4 Å². The largest absolute Gasteiger partial charge is 0.598 e. The number of nitrogens with one attached hydrogen (secondary N) is 1. The summed E-state index contributed by atoms with van der Waals surface area (Å²) in [6, 6.07) is -1.61. The summed E-state index contributed by atoms with van der Waals surface area (Å²) >= 11 is -1.66. The lowest BCUT2D eigenvalue weighted by Gasteiger charge is -2.28. The Morgan fingerprint density at radius 1 is 1.27 bits per heavy atom. The van der Waals surface area contributed by atoms with Crippen LogP contribution in [0.2, 0.25) is 0 Å². The average molecular weight is 243 g/mol. The molecule has 2 nitrogen and oxygen atoms in total. The van der Waals surface area contributed by atoms with E-state index in [0.29, 0.717) is 12.8 Å². The highest BCUT2D eigenvalue weighted by Gasteiger charge is 2.52. The summed E-state index contributed by atoms with van der Waals surface area (Å²) in [4.78, 5) is 0. The van der Waals surface area contributed by atoms with Crippen LogP contribution in [-0.4, -0.2) is 21.5 Å². The molecule has 6 heteroatoms. The summed E-state index contributed by atoms with van der Waals surface area (Å²) in [5.41, 5.74) is 0. The smallest absolute Gasteiger partial charge is 0.408 e. The van der Waals surface area contributed by atoms with E-state index in [1.165, 1.54) is 0 Å². The standard InChI is InChI=1S/C9H16F3NOS/c1-8(2,3)15(14)13-7(6-4-5-6)9(10,11)12/h6-7,13H,4-5H2,1-3H3/t7-,15?/m1/s1. The SMILES string of the molecule is CC(C)(C)[S+]([O-])N[C@H](C1CC1)C(F)(F)F. The zero-order valence-corrected chi connectivity index (χ0v) is 9.84. The van der Waals surface area contributed by atoms with Gasteiger partial charge in [0.25, 0.3) is 0 Å². The molecular weight excluding hydrogens is 227 g/mol. The first-order chi connectivity index (χ1) is 6.62. The fourth-order valence-electron chi connectivity index (χ4n) is 1.15. The van der Waals surface area contributed by atoms with Crippen LogP contribution in [0, 0.1) is 5.92 Å². The van der Waals surface area contributed by atoms with Crippen LogP contribution in [-0.2, 0) is 11.4 Å². The molecule has 1 saturated carbocycles. The third-order valence-electron chi connectivity index (χ3n) is 2.24. The van der Waals surface area contributed by atoms with Gasteiger partial charge in [0.05, 0.1) is 0 Å². The minimum Gasteiger partial charge on any atom is -0.598 e. The van der Waals surface area contributed by atoms with Crippen LogP contribution >= 0.6 is 0 Å². The van der Waals surface area contributed by atoms with Gasteiger partial charge in [0.1, 0.15) is 4.75 Å². The van der Waals surface area contributed by atoms with Gasteiger partial charge in [0.2, 0.25) is 0 Å². The number of alkyl halides is 3. The summed E-state index contributed by atoms with van der Waals surface area (Å²) in [6.45, 7) is 4.95. The van der Waals surface area contributed by atoms with Crippen LogP contribution in [0.15, 0.2) is 0 Å². The van der Waals surface area contributed by atoms with Crippen LogP contribution in [0.1, 0.15) is 33.6 Å². The van der Waals surface area contributed by atoms with Crippen LogP contribution in [0.5, 0.6) is 0 Å². The minimum absolute atomic E-state index is 0.392. The lowest BCUT2D eigenvalue weighted by molar-refractivity contribution is -0.155. The van der Waals surface area contributed by atoms with Gasteiger partial charge in [-0.15, -0.1) is 4.72 Å². The molecule has 0 spiro atoms. The van der Waals surface area contributed by atoms with Gasteiger partial charge in [-0.1, -0.05) is 0 Å². The summed E-state index contributed by atoms with van der Waals surface area (Å²) in [5.74, 6) is -0.392. The van der Waals surface area contributed by atoms with Crippen LogP contribution in [0.4, 0.5) is 13.2 Å². The van der Waals surface area contributed by atoms with Gasteiger partial charge in [-0.25, -0.2) is 0 Å². The molecule has 1 fully saturated rings. The van der Waals surface area contributed by atoms with Gasteiger partial charge in [-0.3, -0.25) is 0 Å². The predicted octanol–water partition coefficient (Wildman–Crippen LogP) is 2.38. The molecule has 0 amide bonds. The van der Waals surface area contributed by atoms with E-state index in [0.717, 1.165) is 0 Å². The van der Waals surface area contributed by atoms with Gasteiger partial charge < -0.3 is 4.55 Å². The maximum atomic E-state index is 12.6. The van der Waals surface area contributed by atoms with Crippen molar-refractivity contribution in [1.82, 2.24) is 4.72 Å². The summed E-state index contributed by atoms with van der Waals surface area (Å²) < 4.78 is 50.8. The van der Waals surface area contributed by atoms with Crippen molar-refractivity contribution in [2.24, 2.45) is 5.92 Å². The Hall–Kier alpha value is 0.0600. The number of rotatable bonds is 3. The maximum absolute atomic E-state index is 12.6. The van der Waals surface area contributed by atoms with Gasteiger partial charge >= 0.3 is 6.18 Å². The highest BCUT2D eigenvalue weighted by Crippen LogP contribution is 2.40. The van der Waals surface area contributed by atoms with E-state index in [9.17, 15) is 17.7 Å². The van der Waals surface area contributed by atoms with Gasteiger partial charge in [-0.05, 0) is 39.5 Å². The van der Waals surface area contributed by atoms with E-state index in [1.54, 1.807) is 20.8 Å². The molecule has 1 aliphatic rings. The normalized spacial score (nSPS) is 22.6. The van der Waals surface area contributed by atoms with Crippen molar-refractivity contribution in [2.75, 3.05) is 0 Å². The number of halogens is 3. The molecule has 15 heavy (non-hydrogen) atoms. The predicted molar refractivity (Wildman–Crippen MR) is 53.6 cm³/mol. The lowest BCUT2D eigenvalue weighted by Crippen LogP contribution is -2.51.